The lowest BCUT2D eigenvalue weighted by atomic mass is 9.93. The van der Waals surface area contributed by atoms with Gasteiger partial charge >= 0.3 is 5.97 Å². The van der Waals surface area contributed by atoms with Gasteiger partial charge in [0, 0.05) is 5.56 Å². The van der Waals surface area contributed by atoms with Crippen molar-refractivity contribution < 1.29 is 13.9 Å². The molecule has 0 saturated carbocycles. The molecule has 0 radical (unpaired) electrons. The molecule has 1 aliphatic rings. The Morgan fingerprint density at radius 1 is 1.05 bits per heavy atom. The van der Waals surface area contributed by atoms with Gasteiger partial charge in [0.1, 0.15) is 5.82 Å². The maximum atomic E-state index is 13.9. The van der Waals surface area contributed by atoms with E-state index in [4.69, 9.17) is 9.73 Å². The van der Waals surface area contributed by atoms with Crippen LogP contribution in [-0.2, 0) is 9.53 Å². The molecule has 1 aromatic heterocycles. The van der Waals surface area contributed by atoms with E-state index in [0.29, 0.717) is 26.5 Å². The lowest BCUT2D eigenvalue weighted by Gasteiger charge is -2.25. The molecule has 0 bridgehead atoms. The Labute approximate surface area is 223 Å². The third kappa shape index (κ3) is 4.89. The van der Waals surface area contributed by atoms with Gasteiger partial charge in [-0.05, 0) is 47.7 Å². The van der Waals surface area contributed by atoms with Crippen molar-refractivity contribution in [1.29, 1.82) is 0 Å². The zero-order chi connectivity index (χ0) is 26.8. The second kappa shape index (κ2) is 10.7. The number of carbonyl (C=O) groups is 1. The number of rotatable bonds is 6. The number of hydrogen-bond acceptors (Lipinski definition) is 5. The molecule has 5 rings (SSSR count). The van der Waals surface area contributed by atoms with Gasteiger partial charge in [0.05, 0.1) is 28.5 Å². The molecular weight excluding hydrogens is 499 g/mol. The van der Waals surface area contributed by atoms with Gasteiger partial charge in [-0.25, -0.2) is 14.2 Å². The summed E-state index contributed by atoms with van der Waals surface area (Å²) in [5.74, 6) is -0.568. The minimum atomic E-state index is -0.827. The molecular formula is C31H27FN2O3S. The molecule has 38 heavy (non-hydrogen) atoms. The molecule has 0 aliphatic carbocycles. The summed E-state index contributed by atoms with van der Waals surface area (Å²) in [6, 6.07) is 22.4. The van der Waals surface area contributed by atoms with E-state index in [0.717, 1.165) is 11.1 Å². The summed E-state index contributed by atoms with van der Waals surface area (Å²) in [6.07, 6.45) is 1.84. The summed E-state index contributed by atoms with van der Waals surface area (Å²) >= 11 is 1.26. The highest BCUT2D eigenvalue weighted by Gasteiger charge is 2.35. The molecule has 2 heterocycles. The van der Waals surface area contributed by atoms with Crippen LogP contribution in [0.3, 0.4) is 0 Å². The highest BCUT2D eigenvalue weighted by molar-refractivity contribution is 7.07. The number of ether oxygens (including phenoxy) is 1. The molecule has 0 saturated heterocycles. The highest BCUT2D eigenvalue weighted by atomic mass is 32.1. The van der Waals surface area contributed by atoms with E-state index in [1.807, 2.05) is 48.5 Å². The molecule has 4 aromatic rings. The van der Waals surface area contributed by atoms with Crippen molar-refractivity contribution in [3.05, 3.63) is 132 Å². The minimum absolute atomic E-state index is 0.164. The average molecular weight is 527 g/mol. The molecule has 0 amide bonds. The lowest BCUT2D eigenvalue weighted by Crippen LogP contribution is -2.40. The van der Waals surface area contributed by atoms with Crippen LogP contribution in [-0.4, -0.2) is 17.1 Å². The van der Waals surface area contributed by atoms with E-state index in [9.17, 15) is 14.0 Å². The summed E-state index contributed by atoms with van der Waals surface area (Å²) in [5, 5.41) is 0. The van der Waals surface area contributed by atoms with E-state index < -0.39 is 17.8 Å². The summed E-state index contributed by atoms with van der Waals surface area (Å²) in [7, 11) is 0. The highest BCUT2D eigenvalue weighted by Crippen LogP contribution is 2.35. The predicted molar refractivity (Wildman–Crippen MR) is 148 cm³/mol. The number of fused-ring (bicyclic) bond motifs is 1. The fourth-order valence-electron chi connectivity index (χ4n) is 4.53. The molecule has 1 aliphatic heterocycles. The van der Waals surface area contributed by atoms with E-state index >= 15 is 0 Å². The quantitative estimate of drug-likeness (QED) is 0.325. The predicted octanol–water partition coefficient (Wildman–Crippen LogP) is 5.20. The van der Waals surface area contributed by atoms with Crippen LogP contribution in [0.1, 0.15) is 55.0 Å². The summed E-state index contributed by atoms with van der Waals surface area (Å²) in [4.78, 5) is 32.5. The fourth-order valence-corrected chi connectivity index (χ4v) is 5.53. The summed E-state index contributed by atoms with van der Waals surface area (Å²) in [5.41, 5.74) is 3.83. The van der Waals surface area contributed by atoms with Gasteiger partial charge in [-0.15, -0.1) is 0 Å². The molecule has 1 unspecified atom stereocenters. The van der Waals surface area contributed by atoms with Gasteiger partial charge in [0.2, 0.25) is 0 Å². The maximum absolute atomic E-state index is 13.9. The van der Waals surface area contributed by atoms with Gasteiger partial charge in [-0.1, -0.05) is 91.9 Å². The smallest absolute Gasteiger partial charge is 0.338 e. The average Bonchev–Trinajstić information content (AvgIpc) is 3.23. The van der Waals surface area contributed by atoms with Crippen molar-refractivity contribution in [1.82, 2.24) is 4.57 Å². The van der Waals surface area contributed by atoms with E-state index in [2.05, 4.69) is 26.0 Å². The van der Waals surface area contributed by atoms with Crippen molar-refractivity contribution in [3.63, 3.8) is 0 Å². The van der Waals surface area contributed by atoms with Crippen molar-refractivity contribution in [3.8, 4) is 0 Å². The van der Waals surface area contributed by atoms with Gasteiger partial charge < -0.3 is 4.74 Å². The number of aromatic nitrogens is 1. The summed E-state index contributed by atoms with van der Waals surface area (Å²) in [6.45, 7) is 6.16. The van der Waals surface area contributed by atoms with Crippen LogP contribution in [0, 0.1) is 5.82 Å². The minimum Gasteiger partial charge on any atom is -0.463 e. The van der Waals surface area contributed by atoms with Gasteiger partial charge in [0.25, 0.3) is 5.56 Å². The van der Waals surface area contributed by atoms with Crippen molar-refractivity contribution in [2.45, 2.75) is 32.7 Å². The Balaban J connectivity index is 1.78. The van der Waals surface area contributed by atoms with Crippen LogP contribution in [0.4, 0.5) is 4.39 Å². The first kappa shape index (κ1) is 25.5. The van der Waals surface area contributed by atoms with Crippen molar-refractivity contribution in [2.24, 2.45) is 4.99 Å². The van der Waals surface area contributed by atoms with E-state index in [1.54, 1.807) is 19.1 Å². The van der Waals surface area contributed by atoms with Crippen LogP contribution in [0.5, 0.6) is 0 Å². The molecule has 192 valence electrons. The Bertz CT molecular complexity index is 1680. The first-order valence-electron chi connectivity index (χ1n) is 12.5. The van der Waals surface area contributed by atoms with Crippen molar-refractivity contribution in [2.75, 3.05) is 6.61 Å². The topological polar surface area (TPSA) is 60.7 Å². The normalized spacial score (nSPS) is 15.4. The number of carbonyl (C=O) groups excluding carboxylic acids is 1. The molecule has 7 heteroatoms. The van der Waals surface area contributed by atoms with E-state index in [-0.39, 0.29) is 17.7 Å². The number of benzene rings is 3. The molecule has 0 spiro atoms. The number of halogens is 1. The third-order valence-corrected chi connectivity index (χ3v) is 7.44. The zero-order valence-electron chi connectivity index (χ0n) is 21.4. The Morgan fingerprint density at radius 3 is 2.37 bits per heavy atom. The lowest BCUT2D eigenvalue weighted by molar-refractivity contribution is -0.138. The SMILES string of the molecule is CCOC(=O)C1=C(c2ccccc2)N=c2s/c(=C\c3ccc(C(C)C)cc3)c(=O)n2C1c1ccc(F)cc1. The molecule has 0 fully saturated rings. The maximum Gasteiger partial charge on any atom is 0.338 e. The van der Waals surface area contributed by atoms with Gasteiger partial charge in [-0.3, -0.25) is 9.36 Å². The van der Waals surface area contributed by atoms with Crippen LogP contribution in [0.25, 0.3) is 11.8 Å². The number of nitrogens with zero attached hydrogens (tertiary/aromatic N) is 2. The van der Waals surface area contributed by atoms with Crippen LogP contribution < -0.4 is 14.9 Å². The first-order chi connectivity index (χ1) is 18.4. The van der Waals surface area contributed by atoms with Crippen LogP contribution in [0.15, 0.2) is 94.2 Å². The monoisotopic (exact) mass is 526 g/mol. The molecule has 1 atom stereocenters. The second-order valence-electron chi connectivity index (χ2n) is 9.30. The summed E-state index contributed by atoms with van der Waals surface area (Å²) < 4.78 is 21.3. The van der Waals surface area contributed by atoms with Crippen LogP contribution >= 0.6 is 11.3 Å². The Morgan fingerprint density at radius 2 is 1.74 bits per heavy atom. The van der Waals surface area contributed by atoms with Gasteiger partial charge in [0.15, 0.2) is 4.80 Å². The number of thiazole rings is 1. The standard InChI is InChI=1S/C31H27FN2O3S/c1-4-37-30(36)26-27(22-8-6-5-7-9-22)33-31-34(28(26)23-14-16-24(32)17-15-23)29(35)25(38-31)18-20-10-12-21(13-11-20)19(2)3/h5-19,28H,4H2,1-3H3/b25-18-. The zero-order valence-corrected chi connectivity index (χ0v) is 22.2. The fraction of sp³-hybridized carbons (Fsp3) is 0.194. The second-order valence-corrected chi connectivity index (χ2v) is 10.3. The van der Waals surface area contributed by atoms with Crippen molar-refractivity contribution >= 4 is 29.1 Å². The number of esters is 1. The molecule has 3 aromatic carbocycles. The Kier molecular flexibility index (Phi) is 7.20. The van der Waals surface area contributed by atoms with Crippen LogP contribution in [0.2, 0.25) is 0 Å². The molecule has 0 N–H and O–H groups in total. The first-order valence-corrected chi connectivity index (χ1v) is 13.3. The molecule has 5 nitrogen and oxygen atoms in total. The Hall–Kier alpha value is -4.10. The van der Waals surface area contributed by atoms with E-state index in [1.165, 1.54) is 33.6 Å². The van der Waals surface area contributed by atoms with Gasteiger partial charge in [-0.2, -0.15) is 0 Å². The largest absolute Gasteiger partial charge is 0.463 e. The number of hydrogen-bond donors (Lipinski definition) is 0. The third-order valence-electron chi connectivity index (χ3n) is 6.46.